The summed E-state index contributed by atoms with van der Waals surface area (Å²) in [5, 5.41) is 31.4. The average Bonchev–Trinajstić information content (AvgIpc) is 1.66. The fourth-order valence-electron chi connectivity index (χ4n) is 10.3. The molecule has 3 atom stereocenters. The molecule has 3 aliphatic rings. The van der Waals surface area contributed by atoms with Crippen LogP contribution in [-0.2, 0) is 38.4 Å². The molecule has 4 aromatic heterocycles. The van der Waals surface area contributed by atoms with Crippen LogP contribution in [0.25, 0.3) is 6.08 Å². The Labute approximate surface area is 650 Å². The van der Waals surface area contributed by atoms with Gasteiger partial charge in [-0.2, -0.15) is 0 Å². The molecular formula is C82H65Br2F4MnN7O14. The van der Waals surface area contributed by atoms with Crippen molar-refractivity contribution in [3.05, 3.63) is 384 Å². The molecule has 14 rings (SSSR count). The molecule has 561 valence electrons. The Morgan fingerprint density at radius 3 is 1.25 bits per heavy atom. The molecule has 0 radical (unpaired) electrons. The van der Waals surface area contributed by atoms with E-state index in [1.165, 1.54) is 115 Å². The number of aldehydes is 1. The van der Waals surface area contributed by atoms with Crippen LogP contribution in [0.1, 0.15) is 150 Å². The second kappa shape index (κ2) is 43.0. The third kappa shape index (κ3) is 23.7. The summed E-state index contributed by atoms with van der Waals surface area (Å²) >= 11 is 5.12. The number of aromatic nitrogens is 4. The summed E-state index contributed by atoms with van der Waals surface area (Å²) in [6.07, 6.45) is 10.4. The van der Waals surface area contributed by atoms with Crippen molar-refractivity contribution in [2.45, 2.75) is 38.6 Å². The van der Waals surface area contributed by atoms with Gasteiger partial charge in [0.25, 0.3) is 35.4 Å². The summed E-state index contributed by atoms with van der Waals surface area (Å²) in [4.78, 5) is 112. The molecule has 0 saturated heterocycles. The molecule has 7 aromatic carbocycles. The summed E-state index contributed by atoms with van der Waals surface area (Å²) in [5.41, 5.74) is 7.07. The number of aliphatic hydroxyl groups is 3. The zero-order valence-electron chi connectivity index (χ0n) is 58.1. The van der Waals surface area contributed by atoms with Crippen molar-refractivity contribution < 1.29 is 98.5 Å². The molecule has 0 saturated carbocycles. The molecule has 0 fully saturated rings. The molecule has 6 amide bonds. The van der Waals surface area contributed by atoms with Crippen molar-refractivity contribution >= 4 is 85.6 Å². The van der Waals surface area contributed by atoms with Crippen LogP contribution in [0.3, 0.4) is 0 Å². The second-order valence-corrected chi connectivity index (χ2v) is 24.7. The predicted molar refractivity (Wildman–Crippen MR) is 398 cm³/mol. The van der Waals surface area contributed by atoms with E-state index in [4.69, 9.17) is 7.67 Å². The van der Waals surface area contributed by atoms with Gasteiger partial charge in [0.05, 0.1) is 57.1 Å². The Kier molecular flexibility index (Phi) is 33.3. The van der Waals surface area contributed by atoms with Crippen LogP contribution in [0.2, 0.25) is 0 Å². The summed E-state index contributed by atoms with van der Waals surface area (Å²) in [6, 6.07) is 56.5. The Balaban J connectivity index is 0.000000189. The number of carbonyl (C=O) groups is 8. The van der Waals surface area contributed by atoms with Crippen molar-refractivity contribution in [2.75, 3.05) is 13.2 Å². The molecule has 3 N–H and O–H groups in total. The third-order valence-electron chi connectivity index (χ3n) is 15.6. The van der Waals surface area contributed by atoms with E-state index in [0.717, 1.165) is 24.3 Å². The van der Waals surface area contributed by atoms with Crippen molar-refractivity contribution in [3.8, 4) is 0 Å². The fraction of sp³-hybridized carbons (Fsp3) is 0.0976. The Morgan fingerprint density at radius 1 is 0.500 bits per heavy atom. The van der Waals surface area contributed by atoms with Crippen LogP contribution in [0.4, 0.5) is 17.6 Å². The predicted octanol–water partition coefficient (Wildman–Crippen LogP) is 15.0. The number of imide groups is 3. The number of hydrogen-bond donors (Lipinski definition) is 3. The zero-order chi connectivity index (χ0) is 79.8. The first-order chi connectivity index (χ1) is 53.0. The van der Waals surface area contributed by atoms with Crippen LogP contribution in [-0.4, -0.2) is 111 Å². The molecular weight excluding hydrogens is 1600 g/mol. The second-order valence-electron chi connectivity index (χ2n) is 22.7. The normalized spacial score (nSPS) is 12.7. The molecule has 3 unspecified atom stereocenters. The van der Waals surface area contributed by atoms with Gasteiger partial charge in [-0.3, -0.25) is 63.2 Å². The molecule has 0 aliphatic carbocycles. The van der Waals surface area contributed by atoms with E-state index in [0.29, 0.717) is 97.6 Å². The summed E-state index contributed by atoms with van der Waals surface area (Å²) in [6.45, 7) is 7.25. The maximum absolute atomic E-state index is 13.1. The van der Waals surface area contributed by atoms with Gasteiger partial charge in [-0.1, -0.05) is 91.5 Å². The molecule has 3 aliphatic heterocycles. The van der Waals surface area contributed by atoms with Crippen molar-refractivity contribution in [3.63, 3.8) is 0 Å². The number of ether oxygens (including phenoxy) is 1. The van der Waals surface area contributed by atoms with Crippen LogP contribution < -0.4 is 0 Å². The molecule has 0 bridgehead atoms. The number of carbonyl (C=O) groups excluding carboxylic acids is 8. The maximum atomic E-state index is 13.1. The van der Waals surface area contributed by atoms with E-state index < -0.39 is 50.8 Å². The molecule has 110 heavy (non-hydrogen) atoms. The van der Waals surface area contributed by atoms with Gasteiger partial charge in [0.2, 0.25) is 0 Å². The van der Waals surface area contributed by atoms with Gasteiger partial charge < -0.3 is 20.1 Å². The summed E-state index contributed by atoms with van der Waals surface area (Å²) in [5.74, 6) is -3.66. The van der Waals surface area contributed by atoms with E-state index in [-0.39, 0.29) is 53.6 Å². The van der Waals surface area contributed by atoms with Crippen molar-refractivity contribution in [2.24, 2.45) is 0 Å². The fourth-order valence-corrected chi connectivity index (χ4v) is 11.1. The molecule has 28 heteroatoms. The molecule has 0 spiro atoms. The molecule has 11 aromatic rings. The first-order valence-electron chi connectivity index (χ1n) is 32.7. The topological polar surface area (TPSA) is 302 Å². The zero-order valence-corrected chi connectivity index (χ0v) is 62.5. The number of benzene rings is 7. The van der Waals surface area contributed by atoms with Gasteiger partial charge in [-0.05, 0) is 207 Å². The van der Waals surface area contributed by atoms with Crippen LogP contribution in [0, 0.1) is 23.3 Å². The quantitative estimate of drug-likeness (QED) is 0.0299. The number of fused-ring (bicyclic) bond motifs is 3. The number of amides is 6. The average molecular weight is 1660 g/mol. The number of halogens is 6. The monoisotopic (exact) mass is 1660 g/mol. The van der Waals surface area contributed by atoms with E-state index >= 15 is 0 Å². The number of hydrogen-bond acceptors (Lipinski definition) is 18. The Morgan fingerprint density at radius 2 is 0.873 bits per heavy atom. The van der Waals surface area contributed by atoms with E-state index in [1.807, 2.05) is 12.1 Å². The van der Waals surface area contributed by atoms with E-state index in [2.05, 4.69) is 63.1 Å². The number of aliphatic hydroxyl groups excluding tert-OH is 3. The van der Waals surface area contributed by atoms with Gasteiger partial charge in [-0.25, -0.2) is 27.4 Å². The number of esters is 1. The van der Waals surface area contributed by atoms with Gasteiger partial charge in [0, 0.05) is 76.9 Å². The minimum atomic E-state index is -1.44. The molecule has 21 nitrogen and oxygen atoms in total. The number of rotatable bonds is 14. The third-order valence-corrected chi connectivity index (χ3v) is 16.8. The van der Waals surface area contributed by atoms with Crippen LogP contribution in [0.5, 0.6) is 0 Å². The van der Waals surface area contributed by atoms with Crippen molar-refractivity contribution in [1.82, 2.24) is 34.6 Å². The summed E-state index contributed by atoms with van der Waals surface area (Å²) in [7, 11) is 0. The van der Waals surface area contributed by atoms with Crippen LogP contribution in [0.15, 0.2) is 277 Å². The number of pyridine rings is 4. The van der Waals surface area contributed by atoms with Crippen LogP contribution >= 0.6 is 31.9 Å². The Bertz CT molecular complexity index is 5000. The number of nitrogens with zero attached hydrogens (tertiary/aromatic N) is 7. The van der Waals surface area contributed by atoms with Gasteiger partial charge in [0.15, 0.2) is 0 Å². The Hall–Kier alpha value is -12.1. The van der Waals surface area contributed by atoms with Gasteiger partial charge in [-0.15, -0.1) is 0 Å². The van der Waals surface area contributed by atoms with E-state index in [1.54, 1.807) is 159 Å². The first-order valence-corrected chi connectivity index (χ1v) is 35.3. The van der Waals surface area contributed by atoms with Gasteiger partial charge >= 0.3 is 28.5 Å². The molecule has 7 heterocycles. The van der Waals surface area contributed by atoms with Crippen molar-refractivity contribution in [1.29, 1.82) is 0 Å². The standard InChI is InChI=1S/C22H17FN2O3.C22H15FN2O3.C12H9BrFNO.C10H7NO2.C7H5FO.C5H4BrN.C4H8O2.Mn.2O/c2*23-16-9-7-15(8-10-16)20(26)19-14(4-3-12-24-19)11-13-25-21(27)17-5-1-2-6-18(17)22(25)28;13-10-2-1-7-15-11(10)12(16)8-3-5-9(14)6-4-8;1-2-11-9(12)7-5-3-4-6-8(7)10(11)13;8-7-3-1-6(5-9)2-4-7;6-5-2-1-3-7-4-5;1-3-6-4(2)5;;;/h1-10,12,20,26H,11,13H2;1-13,20,26H;1-7,12,16H;2-6H,1H2;1-5H;1-4H;3H2,1-2H3;;;/b;13-11+;;;;;;;;. The SMILES string of the molecule is Brc1cccnc1.C=CN1C(=O)c2ccccc2C1=O.CCOC(C)=O.O=C1c2ccccc2C(=O)N1/C=C/c1cccnc1C(O)c1ccc(F)cc1.O=C1c2ccccc2C(=O)N1CCc1cccnc1C(O)c1ccc(F)cc1.O=Cc1ccc(F)cc1.OC(c1ccc(F)cc1)c1ncccc1Br.[O]=[Mn]=[O]. The first kappa shape index (κ1) is 85.1. The van der Waals surface area contributed by atoms with Gasteiger partial charge in [0.1, 0.15) is 47.9 Å². The minimum absolute atomic E-state index is 0.182. The summed E-state index contributed by atoms with van der Waals surface area (Å²) < 4.78 is 74.1. The van der Waals surface area contributed by atoms with E-state index in [9.17, 15) is 71.2 Å².